The number of pyridine rings is 2. The first kappa shape index (κ1) is 16.7. The highest BCUT2D eigenvalue weighted by Gasteiger charge is 2.09. The maximum absolute atomic E-state index is 12.0. The minimum atomic E-state index is -0.287. The van der Waals surface area contributed by atoms with E-state index in [-0.39, 0.29) is 24.0 Å². The number of H-pyrrole nitrogens is 1. The van der Waals surface area contributed by atoms with Gasteiger partial charge in [0, 0.05) is 23.3 Å². The van der Waals surface area contributed by atoms with Crippen molar-refractivity contribution < 1.29 is 9.53 Å². The number of amides is 1. The third-order valence-electron chi connectivity index (χ3n) is 3.79. The normalized spacial score (nSPS) is 10.8. The fraction of sp³-hybridized carbons (Fsp3) is 0.211. The van der Waals surface area contributed by atoms with Crippen molar-refractivity contribution in [2.24, 2.45) is 0 Å². The quantitative estimate of drug-likeness (QED) is 0.749. The van der Waals surface area contributed by atoms with Gasteiger partial charge in [-0.2, -0.15) is 0 Å². The minimum absolute atomic E-state index is 0.119. The number of benzene rings is 1. The summed E-state index contributed by atoms with van der Waals surface area (Å²) in [5, 5.41) is 3.74. The molecule has 0 atom stereocenters. The molecule has 0 radical (unpaired) electrons. The van der Waals surface area contributed by atoms with E-state index in [9.17, 15) is 9.59 Å². The Bertz CT molecular complexity index is 949. The Morgan fingerprint density at radius 1 is 1.28 bits per heavy atom. The lowest BCUT2D eigenvalue weighted by molar-refractivity contribution is -0.118. The number of aromatic amines is 1. The monoisotopic (exact) mass is 337 g/mol. The van der Waals surface area contributed by atoms with E-state index in [4.69, 9.17) is 4.74 Å². The topological polar surface area (TPSA) is 84.1 Å². The van der Waals surface area contributed by atoms with Gasteiger partial charge in [-0.15, -0.1) is 0 Å². The molecule has 0 aliphatic carbocycles. The second kappa shape index (κ2) is 7.17. The molecule has 0 aliphatic rings. The number of hydrogen-bond acceptors (Lipinski definition) is 4. The standard InChI is InChI=1S/C19H19N3O3/c1-12(2)16-9-18(23)22-17-8-13(5-6-15(16)17)21-19(24)11-25-14-4-3-7-20-10-14/h3-10,12H,11H2,1-2H3,(H,21,24)(H,22,23). The van der Waals surface area contributed by atoms with Crippen LogP contribution in [0.3, 0.4) is 0 Å². The van der Waals surface area contributed by atoms with Crippen molar-refractivity contribution >= 4 is 22.5 Å². The second-order valence-corrected chi connectivity index (χ2v) is 6.03. The Labute approximate surface area is 144 Å². The highest BCUT2D eigenvalue weighted by molar-refractivity contribution is 5.95. The molecule has 0 spiro atoms. The molecule has 3 rings (SSSR count). The smallest absolute Gasteiger partial charge is 0.262 e. The third-order valence-corrected chi connectivity index (χ3v) is 3.79. The van der Waals surface area contributed by atoms with Crippen molar-refractivity contribution in [1.82, 2.24) is 9.97 Å². The Balaban J connectivity index is 1.75. The molecule has 1 aromatic carbocycles. The van der Waals surface area contributed by atoms with Gasteiger partial charge in [0.1, 0.15) is 5.75 Å². The van der Waals surface area contributed by atoms with Crippen LogP contribution in [0.2, 0.25) is 0 Å². The molecule has 0 bridgehead atoms. The second-order valence-electron chi connectivity index (χ2n) is 6.03. The predicted molar refractivity (Wildman–Crippen MR) is 97.0 cm³/mol. The summed E-state index contributed by atoms with van der Waals surface area (Å²) >= 11 is 0. The molecule has 0 unspecified atom stereocenters. The van der Waals surface area contributed by atoms with Crippen molar-refractivity contribution in [3.05, 3.63) is 64.7 Å². The molecule has 128 valence electrons. The largest absolute Gasteiger partial charge is 0.482 e. The van der Waals surface area contributed by atoms with E-state index >= 15 is 0 Å². The summed E-state index contributed by atoms with van der Waals surface area (Å²) in [4.78, 5) is 30.6. The minimum Gasteiger partial charge on any atom is -0.482 e. The van der Waals surface area contributed by atoms with Crippen LogP contribution in [0.5, 0.6) is 5.75 Å². The molecule has 1 amide bonds. The van der Waals surface area contributed by atoms with Crippen LogP contribution in [0.15, 0.2) is 53.6 Å². The number of carbonyl (C=O) groups is 1. The maximum atomic E-state index is 12.0. The van der Waals surface area contributed by atoms with Crippen LogP contribution in [0.4, 0.5) is 5.69 Å². The third kappa shape index (κ3) is 4.03. The zero-order chi connectivity index (χ0) is 17.8. The molecule has 3 aromatic rings. The number of ether oxygens (including phenoxy) is 1. The Morgan fingerprint density at radius 3 is 2.84 bits per heavy atom. The van der Waals surface area contributed by atoms with E-state index in [0.29, 0.717) is 17.0 Å². The molecule has 6 nitrogen and oxygen atoms in total. The van der Waals surface area contributed by atoms with Crippen LogP contribution in [0.1, 0.15) is 25.3 Å². The van der Waals surface area contributed by atoms with Crippen LogP contribution in [0, 0.1) is 0 Å². The summed E-state index contributed by atoms with van der Waals surface area (Å²) < 4.78 is 5.36. The number of fused-ring (bicyclic) bond motifs is 1. The number of rotatable bonds is 5. The van der Waals surface area contributed by atoms with Gasteiger partial charge in [-0.05, 0) is 35.7 Å². The summed E-state index contributed by atoms with van der Waals surface area (Å²) in [5.74, 6) is 0.478. The first-order valence-electron chi connectivity index (χ1n) is 8.02. The Hall–Kier alpha value is -3.15. The first-order chi connectivity index (χ1) is 12.0. The number of nitrogens with one attached hydrogen (secondary N) is 2. The summed E-state index contributed by atoms with van der Waals surface area (Å²) in [7, 11) is 0. The number of nitrogens with zero attached hydrogens (tertiary/aromatic N) is 1. The van der Waals surface area contributed by atoms with Crippen molar-refractivity contribution in [3.63, 3.8) is 0 Å². The molecule has 2 heterocycles. The molecular weight excluding hydrogens is 318 g/mol. The van der Waals surface area contributed by atoms with E-state index in [1.165, 1.54) is 0 Å². The average Bonchev–Trinajstić information content (AvgIpc) is 2.59. The van der Waals surface area contributed by atoms with Crippen LogP contribution in [-0.4, -0.2) is 22.5 Å². The molecule has 6 heteroatoms. The van der Waals surface area contributed by atoms with Crippen LogP contribution < -0.4 is 15.6 Å². The summed E-state index contributed by atoms with van der Waals surface area (Å²) in [6.45, 7) is 3.96. The van der Waals surface area contributed by atoms with E-state index in [2.05, 4.69) is 15.3 Å². The van der Waals surface area contributed by atoms with Crippen LogP contribution >= 0.6 is 0 Å². The van der Waals surface area contributed by atoms with Crippen molar-refractivity contribution in [3.8, 4) is 5.75 Å². The maximum Gasteiger partial charge on any atom is 0.262 e. The van der Waals surface area contributed by atoms with Crippen molar-refractivity contribution in [2.75, 3.05) is 11.9 Å². The highest BCUT2D eigenvalue weighted by atomic mass is 16.5. The lowest BCUT2D eigenvalue weighted by Crippen LogP contribution is -2.20. The van der Waals surface area contributed by atoms with E-state index in [1.807, 2.05) is 26.0 Å². The van der Waals surface area contributed by atoms with Gasteiger partial charge in [0.15, 0.2) is 6.61 Å². The number of anilines is 1. The summed E-state index contributed by atoms with van der Waals surface area (Å²) in [6, 6.07) is 10.6. The molecule has 2 aromatic heterocycles. The lowest BCUT2D eigenvalue weighted by Gasteiger charge is -2.11. The zero-order valence-electron chi connectivity index (χ0n) is 14.1. The average molecular weight is 337 g/mol. The number of carbonyl (C=O) groups excluding carboxylic acids is 1. The predicted octanol–water partition coefficient (Wildman–Crippen LogP) is 3.06. The summed E-state index contributed by atoms with van der Waals surface area (Å²) in [5.41, 5.74) is 2.13. The molecule has 0 saturated carbocycles. The molecule has 0 aliphatic heterocycles. The van der Waals surface area contributed by atoms with Gasteiger partial charge in [0.05, 0.1) is 11.7 Å². The van der Waals surface area contributed by atoms with E-state index in [0.717, 1.165) is 10.9 Å². The summed E-state index contributed by atoms with van der Waals surface area (Å²) in [6.07, 6.45) is 3.18. The zero-order valence-corrected chi connectivity index (χ0v) is 14.1. The van der Waals surface area contributed by atoms with Gasteiger partial charge in [-0.1, -0.05) is 19.9 Å². The van der Waals surface area contributed by atoms with Gasteiger partial charge >= 0.3 is 0 Å². The molecular formula is C19H19N3O3. The van der Waals surface area contributed by atoms with Gasteiger partial charge in [-0.25, -0.2) is 0 Å². The molecule has 2 N–H and O–H groups in total. The Kier molecular flexibility index (Phi) is 4.79. The van der Waals surface area contributed by atoms with Crippen molar-refractivity contribution in [1.29, 1.82) is 0 Å². The molecule has 25 heavy (non-hydrogen) atoms. The van der Waals surface area contributed by atoms with E-state index < -0.39 is 0 Å². The Morgan fingerprint density at radius 2 is 2.12 bits per heavy atom. The van der Waals surface area contributed by atoms with Gasteiger partial charge in [0.25, 0.3) is 5.91 Å². The lowest BCUT2D eigenvalue weighted by atomic mass is 9.99. The highest BCUT2D eigenvalue weighted by Crippen LogP contribution is 2.24. The number of aromatic nitrogens is 2. The van der Waals surface area contributed by atoms with Crippen molar-refractivity contribution in [2.45, 2.75) is 19.8 Å². The van der Waals surface area contributed by atoms with Gasteiger partial charge in [0.2, 0.25) is 5.56 Å². The van der Waals surface area contributed by atoms with Gasteiger partial charge in [-0.3, -0.25) is 14.6 Å². The van der Waals surface area contributed by atoms with E-state index in [1.54, 1.807) is 36.7 Å². The van der Waals surface area contributed by atoms with Crippen LogP contribution in [0.25, 0.3) is 10.9 Å². The molecule has 0 saturated heterocycles. The fourth-order valence-electron chi connectivity index (χ4n) is 2.62. The SMILES string of the molecule is CC(C)c1cc(=O)[nH]c2cc(NC(=O)COc3cccnc3)ccc12. The fourth-order valence-corrected chi connectivity index (χ4v) is 2.62. The first-order valence-corrected chi connectivity index (χ1v) is 8.02. The number of hydrogen-bond donors (Lipinski definition) is 2. The molecule has 0 fully saturated rings. The van der Waals surface area contributed by atoms with Gasteiger partial charge < -0.3 is 15.0 Å². The van der Waals surface area contributed by atoms with Crippen LogP contribution in [-0.2, 0) is 4.79 Å².